The zero-order valence-electron chi connectivity index (χ0n) is 21.0. The molecule has 1 heterocycles. The van der Waals surface area contributed by atoms with Crippen LogP contribution in [0.15, 0.2) is 34.9 Å². The Balaban J connectivity index is 1.40. The van der Waals surface area contributed by atoms with E-state index in [9.17, 15) is 13.2 Å². The third kappa shape index (κ3) is 4.23. The molecular formula is C29H42O3S. The van der Waals surface area contributed by atoms with Crippen LogP contribution in [-0.4, -0.2) is 25.2 Å². The van der Waals surface area contributed by atoms with Crippen molar-refractivity contribution in [3.05, 3.63) is 34.9 Å². The van der Waals surface area contributed by atoms with Gasteiger partial charge < -0.3 is 0 Å². The molecule has 0 spiro atoms. The van der Waals surface area contributed by atoms with Crippen LogP contribution in [0.2, 0.25) is 0 Å². The topological polar surface area (TPSA) is 51.2 Å². The van der Waals surface area contributed by atoms with E-state index in [1.54, 1.807) is 0 Å². The molecule has 1 unspecified atom stereocenters. The van der Waals surface area contributed by atoms with Crippen molar-refractivity contribution in [2.75, 3.05) is 5.75 Å². The lowest BCUT2D eigenvalue weighted by molar-refractivity contribution is -0.115. The lowest BCUT2D eigenvalue weighted by Gasteiger charge is -2.44. The molecule has 3 fully saturated rings. The minimum absolute atomic E-state index is 0.212. The first-order chi connectivity index (χ1) is 15.6. The minimum atomic E-state index is -3.12. The minimum Gasteiger partial charge on any atom is -0.295 e. The monoisotopic (exact) mass is 470 g/mol. The molecule has 0 aromatic carbocycles. The fourth-order valence-corrected chi connectivity index (χ4v) is 10.3. The first-order valence-electron chi connectivity index (χ1n) is 13.5. The first kappa shape index (κ1) is 23.6. The first-order valence-corrected chi connectivity index (χ1v) is 15.2. The van der Waals surface area contributed by atoms with Crippen molar-refractivity contribution >= 4 is 15.6 Å². The van der Waals surface area contributed by atoms with Gasteiger partial charge in [-0.3, -0.25) is 4.79 Å². The van der Waals surface area contributed by atoms with Crippen molar-refractivity contribution in [1.82, 2.24) is 0 Å². The summed E-state index contributed by atoms with van der Waals surface area (Å²) in [5, 5.41) is -0.373. The van der Waals surface area contributed by atoms with Gasteiger partial charge in [0.05, 0.1) is 5.75 Å². The molecule has 5 aliphatic rings. The van der Waals surface area contributed by atoms with Crippen molar-refractivity contribution < 1.29 is 13.2 Å². The van der Waals surface area contributed by atoms with Gasteiger partial charge in [-0.1, -0.05) is 51.0 Å². The Kier molecular flexibility index (Phi) is 6.07. The molecule has 1 aliphatic heterocycles. The van der Waals surface area contributed by atoms with E-state index in [1.165, 1.54) is 29.6 Å². The van der Waals surface area contributed by atoms with Crippen LogP contribution in [0.5, 0.6) is 0 Å². The Bertz CT molecular complexity index is 1010. The number of hydrogen-bond donors (Lipinski definition) is 0. The van der Waals surface area contributed by atoms with Crippen LogP contribution >= 0.6 is 0 Å². The molecule has 3 saturated carbocycles. The lowest BCUT2D eigenvalue weighted by Crippen LogP contribution is -2.36. The molecule has 0 aromatic heterocycles. The lowest BCUT2D eigenvalue weighted by atomic mass is 9.61. The summed E-state index contributed by atoms with van der Waals surface area (Å²) in [4.78, 5) is 12.2. The summed E-state index contributed by atoms with van der Waals surface area (Å²) in [5.74, 6) is 3.33. The highest BCUT2D eigenvalue weighted by Crippen LogP contribution is 2.60. The van der Waals surface area contributed by atoms with Crippen LogP contribution in [0.1, 0.15) is 85.5 Å². The van der Waals surface area contributed by atoms with E-state index in [0.29, 0.717) is 41.3 Å². The third-order valence-electron chi connectivity index (χ3n) is 10.0. The van der Waals surface area contributed by atoms with Crippen molar-refractivity contribution in [3.8, 4) is 0 Å². The number of carbonyl (C=O) groups is 1. The molecule has 182 valence electrons. The maximum atomic E-state index is 13.3. The van der Waals surface area contributed by atoms with E-state index in [1.807, 2.05) is 6.08 Å². The Morgan fingerprint density at radius 3 is 2.61 bits per heavy atom. The van der Waals surface area contributed by atoms with Crippen LogP contribution in [0, 0.1) is 40.9 Å². The number of carbonyl (C=O) groups excluding carboxylic acids is 1. The zero-order valence-corrected chi connectivity index (χ0v) is 21.8. The summed E-state index contributed by atoms with van der Waals surface area (Å²) < 4.78 is 26.6. The molecule has 0 radical (unpaired) electrons. The molecule has 0 amide bonds. The molecule has 3 nitrogen and oxygen atoms in total. The summed E-state index contributed by atoms with van der Waals surface area (Å²) >= 11 is 0. The van der Waals surface area contributed by atoms with E-state index in [4.69, 9.17) is 0 Å². The second-order valence-corrected chi connectivity index (χ2v) is 14.6. The molecule has 33 heavy (non-hydrogen) atoms. The summed E-state index contributed by atoms with van der Waals surface area (Å²) in [6.07, 6.45) is 16.2. The van der Waals surface area contributed by atoms with Crippen LogP contribution in [0.3, 0.4) is 0 Å². The molecule has 0 bridgehead atoms. The van der Waals surface area contributed by atoms with Gasteiger partial charge in [-0.05, 0) is 104 Å². The van der Waals surface area contributed by atoms with Gasteiger partial charge in [0.25, 0.3) is 0 Å². The van der Waals surface area contributed by atoms with Crippen LogP contribution in [0.25, 0.3) is 0 Å². The summed E-state index contributed by atoms with van der Waals surface area (Å²) in [7, 11) is -3.12. The predicted molar refractivity (Wildman–Crippen MR) is 134 cm³/mol. The molecule has 7 atom stereocenters. The van der Waals surface area contributed by atoms with Gasteiger partial charge >= 0.3 is 0 Å². The molecule has 4 aliphatic carbocycles. The standard InChI is InChI=1S/C29H42O3S/c1-18-14-20(3)24-17-33(31,32)28(23(24)15-18)16-22-6-5-13-29(4)25(10-11-26(22)29)19(2)7-12-27(30)21-8-9-21/h7,12,16,18-21,25-26,28H,5-6,8-11,13-15,17H2,1-4H3/b12-7+,22-16+/t18-,19+,20-,25-,26-,28?,29+/m0/s1. The van der Waals surface area contributed by atoms with Gasteiger partial charge in [-0.2, -0.15) is 0 Å². The SMILES string of the molecule is C[C@@H]1CC2=C(CS(=O)(=O)C2/C=C2\CCC[C@@]3(C)[C@H]2CC[C@H]3[C@H](C)/C=C/C(=O)C2CC2)[C@@H](C)C1. The molecule has 0 saturated heterocycles. The molecular weight excluding hydrogens is 428 g/mol. The van der Waals surface area contributed by atoms with Crippen LogP contribution < -0.4 is 0 Å². The van der Waals surface area contributed by atoms with Gasteiger partial charge in [-0.15, -0.1) is 0 Å². The Hall–Kier alpha value is -1.16. The molecule has 5 rings (SSSR count). The van der Waals surface area contributed by atoms with E-state index >= 15 is 0 Å². The highest BCUT2D eigenvalue weighted by Gasteiger charge is 2.51. The Morgan fingerprint density at radius 1 is 1.12 bits per heavy atom. The summed E-state index contributed by atoms with van der Waals surface area (Å²) in [6.45, 7) is 9.24. The Labute approximate surface area is 201 Å². The van der Waals surface area contributed by atoms with Crippen molar-refractivity contribution in [2.45, 2.75) is 90.7 Å². The second kappa shape index (κ2) is 8.50. The van der Waals surface area contributed by atoms with Gasteiger partial charge in [0.15, 0.2) is 15.6 Å². The third-order valence-corrected chi connectivity index (χ3v) is 11.9. The number of sulfone groups is 1. The summed E-state index contributed by atoms with van der Waals surface area (Å²) in [5.41, 5.74) is 4.11. The maximum absolute atomic E-state index is 13.3. The number of rotatable bonds is 5. The predicted octanol–water partition coefficient (Wildman–Crippen LogP) is 6.46. The normalized spacial score (nSPS) is 42.5. The quantitative estimate of drug-likeness (QED) is 0.342. The maximum Gasteiger partial charge on any atom is 0.164 e. The molecule has 4 heteroatoms. The average molecular weight is 471 g/mol. The Morgan fingerprint density at radius 2 is 1.88 bits per heavy atom. The summed E-state index contributed by atoms with van der Waals surface area (Å²) in [6, 6.07) is 0. The van der Waals surface area contributed by atoms with Crippen LogP contribution in [0.4, 0.5) is 0 Å². The molecule has 0 N–H and O–H groups in total. The largest absolute Gasteiger partial charge is 0.295 e. The second-order valence-electron chi connectivity index (χ2n) is 12.5. The number of ketones is 1. The van der Waals surface area contributed by atoms with E-state index in [-0.39, 0.29) is 16.4 Å². The number of allylic oxidation sites excluding steroid dienone is 3. The molecule has 0 aromatic rings. The van der Waals surface area contributed by atoms with E-state index in [0.717, 1.165) is 44.9 Å². The van der Waals surface area contributed by atoms with E-state index in [2.05, 4.69) is 39.8 Å². The van der Waals surface area contributed by atoms with Crippen LogP contribution in [-0.2, 0) is 14.6 Å². The van der Waals surface area contributed by atoms with Crippen molar-refractivity contribution in [1.29, 1.82) is 0 Å². The highest BCUT2D eigenvalue weighted by atomic mass is 32.2. The highest BCUT2D eigenvalue weighted by molar-refractivity contribution is 7.92. The van der Waals surface area contributed by atoms with Gasteiger partial charge in [-0.25, -0.2) is 8.42 Å². The zero-order chi connectivity index (χ0) is 23.5. The van der Waals surface area contributed by atoms with Gasteiger partial charge in [0.2, 0.25) is 0 Å². The van der Waals surface area contributed by atoms with Crippen molar-refractivity contribution in [3.63, 3.8) is 0 Å². The smallest absolute Gasteiger partial charge is 0.164 e. The van der Waals surface area contributed by atoms with Gasteiger partial charge in [0, 0.05) is 5.92 Å². The fourth-order valence-electron chi connectivity index (χ4n) is 8.14. The average Bonchev–Trinajstić information content (AvgIpc) is 3.48. The van der Waals surface area contributed by atoms with Crippen molar-refractivity contribution in [2.24, 2.45) is 40.9 Å². The van der Waals surface area contributed by atoms with E-state index < -0.39 is 9.84 Å². The number of fused-ring (bicyclic) bond motifs is 1. The fraction of sp³-hybridized carbons (Fsp3) is 0.759. The van der Waals surface area contributed by atoms with Gasteiger partial charge in [0.1, 0.15) is 5.25 Å². The number of hydrogen-bond acceptors (Lipinski definition) is 3.